The highest BCUT2D eigenvalue weighted by molar-refractivity contribution is 6.30. The maximum Gasteiger partial charge on any atom is 0.508 e. The Kier molecular flexibility index (Phi) is 8.45. The highest BCUT2D eigenvalue weighted by Crippen LogP contribution is 2.06. The van der Waals surface area contributed by atoms with Crippen LogP contribution in [0.15, 0.2) is 11.3 Å². The van der Waals surface area contributed by atoms with Crippen LogP contribution in [0, 0.1) is 0 Å². The fourth-order valence-corrected chi connectivity index (χ4v) is 2.09. The molecule has 6 nitrogen and oxygen atoms in total. The number of unbranched alkanes of at least 4 members (excludes halogenated alkanes) is 3. The Balaban J connectivity index is 2.27. The molecule has 1 rings (SSSR count). The second-order valence-electron chi connectivity index (χ2n) is 4.65. The van der Waals surface area contributed by atoms with E-state index in [-0.39, 0.29) is 6.30 Å². The van der Waals surface area contributed by atoms with Gasteiger partial charge in [-0.15, -0.1) is 0 Å². The van der Waals surface area contributed by atoms with Gasteiger partial charge in [0.15, 0.2) is 5.49 Å². The summed E-state index contributed by atoms with van der Waals surface area (Å²) in [6.45, 7) is 5.01. The molecule has 0 aliphatic heterocycles. The summed E-state index contributed by atoms with van der Waals surface area (Å²) in [5, 5.41) is 0.492. The minimum Gasteiger partial charge on any atom is -0.435 e. The van der Waals surface area contributed by atoms with Crippen LogP contribution in [0.2, 0.25) is 5.02 Å². The fourth-order valence-electron chi connectivity index (χ4n) is 1.80. The Morgan fingerprint density at radius 3 is 2.86 bits per heavy atom. The number of aryl methyl sites for hydroxylation is 1. The molecule has 0 aliphatic carbocycles. The predicted octanol–water partition coefficient (Wildman–Crippen LogP) is 3.26. The van der Waals surface area contributed by atoms with E-state index in [1.54, 1.807) is 6.92 Å². The zero-order valence-corrected chi connectivity index (χ0v) is 13.9. The Hall–Kier alpha value is -1.56. The van der Waals surface area contributed by atoms with Crippen molar-refractivity contribution in [2.45, 2.75) is 46.0 Å². The van der Waals surface area contributed by atoms with Gasteiger partial charge in [0.25, 0.3) is 0 Å². The van der Waals surface area contributed by atoms with Crippen molar-refractivity contribution < 1.29 is 15.6 Å². The van der Waals surface area contributed by atoms with Gasteiger partial charge in [-0.3, -0.25) is 4.99 Å². The van der Waals surface area contributed by atoms with E-state index in [2.05, 4.69) is 19.7 Å². The Bertz CT molecular complexity index is 563. The zero-order chi connectivity index (χ0) is 17.1. The zero-order valence-electron chi connectivity index (χ0n) is 14.2. The molecule has 1 N–H and O–H groups in total. The van der Waals surface area contributed by atoms with Gasteiger partial charge < -0.3 is 14.5 Å². The van der Waals surface area contributed by atoms with Gasteiger partial charge >= 0.3 is 6.16 Å². The van der Waals surface area contributed by atoms with Crippen molar-refractivity contribution in [3.8, 4) is 0 Å². The Morgan fingerprint density at radius 1 is 1.36 bits per heavy atom. The highest BCUT2D eigenvalue weighted by atomic mass is 35.5. The number of rotatable bonds is 9. The molecule has 0 saturated heterocycles. The van der Waals surface area contributed by atoms with Crippen LogP contribution in [0.4, 0.5) is 4.79 Å². The van der Waals surface area contributed by atoms with Crippen molar-refractivity contribution in [1.82, 2.24) is 9.97 Å². The highest BCUT2D eigenvalue weighted by Gasteiger charge is 2.02. The lowest BCUT2D eigenvalue weighted by atomic mass is 10.2. The number of aromatic nitrogens is 2. The lowest BCUT2D eigenvalue weighted by Crippen LogP contribution is -2.13. The van der Waals surface area contributed by atoms with Gasteiger partial charge in [0.2, 0.25) is 0 Å². The van der Waals surface area contributed by atoms with Gasteiger partial charge in [0.05, 0.1) is 19.5 Å². The molecule has 0 spiro atoms. The third-order valence-corrected chi connectivity index (χ3v) is 3.38. The molecular weight excluding hydrogens is 306 g/mol. The standard InChI is InChI=1S/C15H24ClN3O3/c1-3-12-13(16)14(19-11-18-12)17-9-7-5-6-8-10-22-15(20)21-4-2/h11H,3-10H2,1-2H3,(H,17,18,19)/i11D. The maximum atomic E-state index is 11.0. The normalized spacial score (nSPS) is 12.1. The molecule has 0 aliphatic rings. The number of hydrogen-bond donors (Lipinski definition) is 1. The number of halogens is 1. The van der Waals surface area contributed by atoms with Gasteiger partial charge in [0, 0.05) is 12.2 Å². The molecule has 0 aromatic carbocycles. The van der Waals surface area contributed by atoms with Crippen LogP contribution < -0.4 is 5.49 Å². The largest absolute Gasteiger partial charge is 0.508 e. The first-order valence-corrected chi connectivity index (χ1v) is 8.01. The van der Waals surface area contributed by atoms with Gasteiger partial charge in [-0.2, -0.15) is 0 Å². The molecule has 0 bridgehead atoms. The minimum atomic E-state index is -0.609. The van der Waals surface area contributed by atoms with Crippen LogP contribution in [0.1, 0.15) is 46.6 Å². The Morgan fingerprint density at radius 2 is 2.14 bits per heavy atom. The summed E-state index contributed by atoms with van der Waals surface area (Å²) in [6, 6.07) is 0. The average Bonchev–Trinajstić information content (AvgIpc) is 2.52. The summed E-state index contributed by atoms with van der Waals surface area (Å²) >= 11 is 6.19. The van der Waals surface area contributed by atoms with Crippen LogP contribution in [0.3, 0.4) is 0 Å². The molecule has 0 unspecified atom stereocenters. The molecule has 1 heterocycles. The first kappa shape index (κ1) is 16.8. The van der Waals surface area contributed by atoms with Crippen molar-refractivity contribution >= 4 is 17.8 Å². The quantitative estimate of drug-likeness (QED) is 0.557. The van der Waals surface area contributed by atoms with Crippen LogP contribution in [0.5, 0.6) is 0 Å². The van der Waals surface area contributed by atoms with E-state index in [1.165, 1.54) is 0 Å². The SMILES string of the molecule is [2H]c1nc(=NCCCCCCOC(=O)OCC)c(Cl)c(CC)[nH]1. The van der Waals surface area contributed by atoms with E-state index in [1.807, 2.05) is 6.92 Å². The van der Waals surface area contributed by atoms with Crippen molar-refractivity contribution in [1.29, 1.82) is 0 Å². The number of hydrogen-bond acceptors (Lipinski definition) is 5. The molecule has 1 aromatic rings. The van der Waals surface area contributed by atoms with Crippen molar-refractivity contribution in [2.24, 2.45) is 4.99 Å². The summed E-state index contributed by atoms with van der Waals surface area (Å²) in [7, 11) is 0. The predicted molar refractivity (Wildman–Crippen MR) is 84.8 cm³/mol. The summed E-state index contributed by atoms with van der Waals surface area (Å²) in [4.78, 5) is 22.1. The monoisotopic (exact) mass is 330 g/mol. The second-order valence-corrected chi connectivity index (χ2v) is 5.02. The summed E-state index contributed by atoms with van der Waals surface area (Å²) in [5.41, 5.74) is 1.21. The summed E-state index contributed by atoms with van der Waals surface area (Å²) in [5.74, 6) is 0. The third-order valence-electron chi connectivity index (χ3n) is 2.98. The van der Waals surface area contributed by atoms with E-state index in [4.69, 9.17) is 17.7 Å². The third kappa shape index (κ3) is 6.93. The number of carbonyl (C=O) groups excluding carboxylic acids is 1. The topological polar surface area (TPSA) is 76.6 Å². The molecule has 0 saturated carbocycles. The van der Waals surface area contributed by atoms with Crippen molar-refractivity contribution in [3.05, 3.63) is 22.5 Å². The second kappa shape index (κ2) is 11.1. The summed E-state index contributed by atoms with van der Waals surface area (Å²) in [6.07, 6.45) is 3.78. The van der Waals surface area contributed by atoms with Crippen LogP contribution >= 0.6 is 11.6 Å². The van der Waals surface area contributed by atoms with E-state index in [0.717, 1.165) is 31.4 Å². The van der Waals surface area contributed by atoms with Gasteiger partial charge in [-0.05, 0) is 32.6 Å². The maximum absolute atomic E-state index is 11.0. The number of carbonyl (C=O) groups is 1. The van der Waals surface area contributed by atoms with Crippen molar-refractivity contribution in [2.75, 3.05) is 19.8 Å². The molecule has 0 radical (unpaired) electrons. The minimum absolute atomic E-state index is 0.0705. The first-order valence-electron chi connectivity index (χ1n) is 8.13. The molecule has 124 valence electrons. The van der Waals surface area contributed by atoms with Gasteiger partial charge in [-0.25, -0.2) is 9.78 Å². The molecule has 22 heavy (non-hydrogen) atoms. The van der Waals surface area contributed by atoms with Crippen LogP contribution in [-0.2, 0) is 15.9 Å². The van der Waals surface area contributed by atoms with Crippen molar-refractivity contribution in [3.63, 3.8) is 0 Å². The number of H-pyrrole nitrogens is 1. The molecular formula is C15H24ClN3O3. The number of aromatic amines is 1. The molecule has 0 atom stereocenters. The van der Waals surface area contributed by atoms with Gasteiger partial charge in [-0.1, -0.05) is 24.9 Å². The Labute approximate surface area is 137 Å². The molecule has 0 amide bonds. The van der Waals surface area contributed by atoms with Gasteiger partial charge in [0.1, 0.15) is 6.39 Å². The lowest BCUT2D eigenvalue weighted by Gasteiger charge is -2.04. The van der Waals surface area contributed by atoms with E-state index < -0.39 is 6.16 Å². The average molecular weight is 331 g/mol. The van der Waals surface area contributed by atoms with E-state index in [9.17, 15) is 4.79 Å². The lowest BCUT2D eigenvalue weighted by molar-refractivity contribution is 0.0578. The fraction of sp³-hybridized carbons (Fsp3) is 0.667. The van der Waals surface area contributed by atoms with Crippen LogP contribution in [-0.4, -0.2) is 35.9 Å². The molecule has 7 heteroatoms. The summed E-state index contributed by atoms with van der Waals surface area (Å²) < 4.78 is 17.1. The number of nitrogens with one attached hydrogen (secondary N) is 1. The molecule has 1 aromatic heterocycles. The molecule has 0 fully saturated rings. The first-order chi connectivity index (χ1) is 11.1. The van der Waals surface area contributed by atoms with Crippen LogP contribution in [0.25, 0.3) is 0 Å². The van der Waals surface area contributed by atoms with E-state index in [0.29, 0.717) is 36.7 Å². The number of nitrogens with zero attached hydrogens (tertiary/aromatic N) is 2. The number of ether oxygens (including phenoxy) is 2. The van der Waals surface area contributed by atoms with E-state index >= 15 is 0 Å². The smallest absolute Gasteiger partial charge is 0.435 e.